The second kappa shape index (κ2) is 8.57. The summed E-state index contributed by atoms with van der Waals surface area (Å²) in [6.07, 6.45) is 3.07. The molecule has 2 saturated heterocycles. The predicted octanol–water partition coefficient (Wildman–Crippen LogP) is 3.27. The molecule has 4 rings (SSSR count). The van der Waals surface area contributed by atoms with Gasteiger partial charge < -0.3 is 15.0 Å². The third-order valence-electron chi connectivity index (χ3n) is 5.50. The van der Waals surface area contributed by atoms with Crippen LogP contribution in [-0.2, 0) is 27.4 Å². The molecule has 0 bridgehead atoms. The monoisotopic (exact) mass is 378 g/mol. The maximum absolute atomic E-state index is 12.2. The first-order valence-electron chi connectivity index (χ1n) is 10.0. The molecule has 0 saturated carbocycles. The Balaban J connectivity index is 1.43. The maximum atomic E-state index is 12.2. The number of hydrogen-bond acceptors (Lipinski definition) is 3. The quantitative estimate of drug-likeness (QED) is 0.839. The van der Waals surface area contributed by atoms with Gasteiger partial charge in [0, 0.05) is 32.7 Å². The van der Waals surface area contributed by atoms with Crippen LogP contribution in [0.2, 0.25) is 0 Å². The molecule has 146 valence electrons. The average molecular weight is 378 g/mol. The number of ether oxygens (including phenoxy) is 1. The highest BCUT2D eigenvalue weighted by atomic mass is 16.5. The van der Waals surface area contributed by atoms with Gasteiger partial charge in [0.05, 0.1) is 0 Å². The van der Waals surface area contributed by atoms with E-state index in [0.717, 1.165) is 48.1 Å². The molecule has 2 heterocycles. The second-order valence-electron chi connectivity index (χ2n) is 7.49. The van der Waals surface area contributed by atoms with E-state index >= 15 is 0 Å². The number of carbonyl (C=O) groups excluding carboxylic acids is 2. The molecule has 2 amide bonds. The van der Waals surface area contributed by atoms with E-state index in [0.29, 0.717) is 26.1 Å². The Hall–Kier alpha value is -2.66. The van der Waals surface area contributed by atoms with Crippen LogP contribution in [0.3, 0.4) is 0 Å². The standard InChI is InChI=1S/C23H26N2O3/c26-22-8-3-13-25(22)16-17-9-11-18(12-10-17)20-6-2-1-5-19(20)15-24-23(27)21-7-4-14-28-21/h1-2,5-6,9-12,21H,3-4,7-8,13-16H2,(H,24,27). The molecule has 2 aromatic rings. The van der Waals surface area contributed by atoms with Gasteiger partial charge in [-0.2, -0.15) is 0 Å². The number of benzene rings is 2. The Bertz CT molecular complexity index is 841. The minimum atomic E-state index is -0.306. The van der Waals surface area contributed by atoms with E-state index in [4.69, 9.17) is 4.74 Å². The Kier molecular flexibility index (Phi) is 5.72. The van der Waals surface area contributed by atoms with E-state index in [-0.39, 0.29) is 17.9 Å². The molecule has 5 heteroatoms. The van der Waals surface area contributed by atoms with Crippen molar-refractivity contribution < 1.29 is 14.3 Å². The molecule has 0 aromatic heterocycles. The van der Waals surface area contributed by atoms with Crippen molar-refractivity contribution in [2.75, 3.05) is 13.2 Å². The lowest BCUT2D eigenvalue weighted by molar-refractivity contribution is -0.130. The van der Waals surface area contributed by atoms with Gasteiger partial charge >= 0.3 is 0 Å². The maximum Gasteiger partial charge on any atom is 0.249 e. The minimum absolute atomic E-state index is 0.0297. The molecular weight excluding hydrogens is 352 g/mol. The summed E-state index contributed by atoms with van der Waals surface area (Å²) in [5.74, 6) is 0.217. The van der Waals surface area contributed by atoms with E-state index in [1.165, 1.54) is 0 Å². The zero-order chi connectivity index (χ0) is 19.3. The van der Waals surface area contributed by atoms with Crippen molar-refractivity contribution in [3.8, 4) is 11.1 Å². The van der Waals surface area contributed by atoms with E-state index < -0.39 is 0 Å². The van der Waals surface area contributed by atoms with Crippen molar-refractivity contribution in [1.29, 1.82) is 0 Å². The van der Waals surface area contributed by atoms with Crippen LogP contribution < -0.4 is 5.32 Å². The normalized spacial score (nSPS) is 19.2. The highest BCUT2D eigenvalue weighted by Crippen LogP contribution is 2.25. The van der Waals surface area contributed by atoms with Crippen LogP contribution in [0.1, 0.15) is 36.8 Å². The van der Waals surface area contributed by atoms with E-state index in [9.17, 15) is 9.59 Å². The van der Waals surface area contributed by atoms with Crippen LogP contribution in [-0.4, -0.2) is 36.0 Å². The molecule has 1 atom stereocenters. The summed E-state index contributed by atoms with van der Waals surface area (Å²) in [6, 6.07) is 16.5. The fourth-order valence-corrected chi connectivity index (χ4v) is 3.92. The molecule has 2 fully saturated rings. The van der Waals surface area contributed by atoms with Crippen molar-refractivity contribution in [2.24, 2.45) is 0 Å². The van der Waals surface area contributed by atoms with Gasteiger partial charge in [0.25, 0.3) is 0 Å². The molecule has 1 N–H and O–H groups in total. The number of carbonyl (C=O) groups is 2. The summed E-state index contributed by atoms with van der Waals surface area (Å²) < 4.78 is 5.45. The SMILES string of the molecule is O=C(NCc1ccccc1-c1ccc(CN2CCCC2=O)cc1)C1CCCO1. The summed E-state index contributed by atoms with van der Waals surface area (Å²) in [4.78, 5) is 26.0. The van der Waals surface area contributed by atoms with Crippen molar-refractivity contribution in [1.82, 2.24) is 10.2 Å². The fourth-order valence-electron chi connectivity index (χ4n) is 3.92. The topological polar surface area (TPSA) is 58.6 Å². The third kappa shape index (κ3) is 4.25. The summed E-state index contributed by atoms with van der Waals surface area (Å²) in [5.41, 5.74) is 4.44. The minimum Gasteiger partial charge on any atom is -0.368 e. The van der Waals surface area contributed by atoms with Crippen LogP contribution in [0.4, 0.5) is 0 Å². The van der Waals surface area contributed by atoms with Gasteiger partial charge in [0.15, 0.2) is 0 Å². The number of hydrogen-bond donors (Lipinski definition) is 1. The summed E-state index contributed by atoms with van der Waals surface area (Å²) in [7, 11) is 0. The lowest BCUT2D eigenvalue weighted by atomic mass is 9.98. The van der Waals surface area contributed by atoms with Gasteiger partial charge in [-0.25, -0.2) is 0 Å². The van der Waals surface area contributed by atoms with Crippen LogP contribution in [0.15, 0.2) is 48.5 Å². The van der Waals surface area contributed by atoms with E-state index in [2.05, 4.69) is 35.6 Å². The number of amides is 2. The van der Waals surface area contributed by atoms with Gasteiger partial charge in [0.1, 0.15) is 6.10 Å². The fraction of sp³-hybridized carbons (Fsp3) is 0.391. The lowest BCUT2D eigenvalue weighted by Crippen LogP contribution is -2.33. The predicted molar refractivity (Wildman–Crippen MR) is 107 cm³/mol. The van der Waals surface area contributed by atoms with Crippen molar-refractivity contribution in [3.63, 3.8) is 0 Å². The van der Waals surface area contributed by atoms with Crippen molar-refractivity contribution in [2.45, 2.75) is 44.9 Å². The molecule has 28 heavy (non-hydrogen) atoms. The van der Waals surface area contributed by atoms with Gasteiger partial charge in [-0.05, 0) is 41.5 Å². The van der Waals surface area contributed by atoms with E-state index in [1.807, 2.05) is 23.1 Å². The molecular formula is C23H26N2O3. The first-order chi connectivity index (χ1) is 13.7. The largest absolute Gasteiger partial charge is 0.368 e. The molecule has 0 aliphatic carbocycles. The number of rotatable bonds is 6. The second-order valence-corrected chi connectivity index (χ2v) is 7.49. The Labute approximate surface area is 165 Å². The zero-order valence-electron chi connectivity index (χ0n) is 16.0. The molecule has 5 nitrogen and oxygen atoms in total. The molecule has 1 unspecified atom stereocenters. The summed E-state index contributed by atoms with van der Waals surface area (Å²) in [5, 5.41) is 3.01. The van der Waals surface area contributed by atoms with Gasteiger partial charge in [-0.1, -0.05) is 48.5 Å². The number of nitrogens with zero attached hydrogens (tertiary/aromatic N) is 1. The smallest absolute Gasteiger partial charge is 0.249 e. The summed E-state index contributed by atoms with van der Waals surface area (Å²) in [6.45, 7) is 2.69. The molecule has 0 radical (unpaired) electrons. The first kappa shape index (κ1) is 18.7. The Morgan fingerprint density at radius 2 is 1.93 bits per heavy atom. The van der Waals surface area contributed by atoms with Crippen LogP contribution in [0, 0.1) is 0 Å². The lowest BCUT2D eigenvalue weighted by Gasteiger charge is -2.16. The highest BCUT2D eigenvalue weighted by molar-refractivity contribution is 5.81. The Morgan fingerprint density at radius 1 is 1.11 bits per heavy atom. The third-order valence-corrected chi connectivity index (χ3v) is 5.50. The van der Waals surface area contributed by atoms with Crippen molar-refractivity contribution in [3.05, 3.63) is 59.7 Å². The number of nitrogens with one attached hydrogen (secondary N) is 1. The zero-order valence-corrected chi connectivity index (χ0v) is 16.0. The molecule has 2 aromatic carbocycles. The molecule has 0 spiro atoms. The van der Waals surface area contributed by atoms with Gasteiger partial charge in [0.2, 0.25) is 11.8 Å². The Morgan fingerprint density at radius 3 is 2.64 bits per heavy atom. The molecule has 2 aliphatic rings. The van der Waals surface area contributed by atoms with Gasteiger partial charge in [-0.3, -0.25) is 9.59 Å². The highest BCUT2D eigenvalue weighted by Gasteiger charge is 2.23. The van der Waals surface area contributed by atoms with Crippen LogP contribution >= 0.6 is 0 Å². The number of likely N-dealkylation sites (tertiary alicyclic amines) is 1. The molecule has 2 aliphatic heterocycles. The van der Waals surface area contributed by atoms with Crippen LogP contribution in [0.25, 0.3) is 11.1 Å². The van der Waals surface area contributed by atoms with Gasteiger partial charge in [-0.15, -0.1) is 0 Å². The van der Waals surface area contributed by atoms with E-state index in [1.54, 1.807) is 0 Å². The average Bonchev–Trinajstić information content (AvgIpc) is 3.40. The van der Waals surface area contributed by atoms with Crippen LogP contribution in [0.5, 0.6) is 0 Å². The summed E-state index contributed by atoms with van der Waals surface area (Å²) >= 11 is 0. The van der Waals surface area contributed by atoms with Crippen molar-refractivity contribution >= 4 is 11.8 Å². The first-order valence-corrected chi connectivity index (χ1v) is 10.0.